The molecule has 0 radical (unpaired) electrons. The van der Waals surface area contributed by atoms with Gasteiger partial charge in [0.05, 0.1) is 0 Å². The molecule has 0 aliphatic carbocycles. The van der Waals surface area contributed by atoms with Gasteiger partial charge in [-0.2, -0.15) is 0 Å². The summed E-state index contributed by atoms with van der Waals surface area (Å²) < 4.78 is 0. The Bertz CT molecular complexity index is 57.2. The highest BCUT2D eigenvalue weighted by molar-refractivity contribution is 5.24. The Morgan fingerprint density at radius 1 is 1.29 bits per heavy atom. The topological polar surface area (TPSA) is 12.4 Å². The van der Waals surface area contributed by atoms with E-state index in [1.807, 2.05) is 0 Å². The lowest BCUT2D eigenvalue weighted by Crippen LogP contribution is -2.05. The summed E-state index contributed by atoms with van der Waals surface area (Å²) in [5, 5.41) is 0. The number of hydrogen-bond acceptors (Lipinski definition) is 1. The fraction of sp³-hybridized carbons (Fsp3) is 0.833. The predicted octanol–water partition coefficient (Wildman–Crippen LogP) is 1.73. The fourth-order valence-electron chi connectivity index (χ4n) is 0.211. The van der Waals surface area contributed by atoms with Gasteiger partial charge < -0.3 is 0 Å². The molecule has 1 heteroatoms. The van der Waals surface area contributed by atoms with Crippen LogP contribution in [0.5, 0.6) is 0 Å². The zero-order valence-electron chi connectivity index (χ0n) is 5.31. The van der Waals surface area contributed by atoms with E-state index in [1.54, 1.807) is 0 Å². The van der Waals surface area contributed by atoms with Gasteiger partial charge in [-0.1, -0.05) is 13.8 Å². The first-order valence-corrected chi connectivity index (χ1v) is 2.64. The second-order valence-corrected chi connectivity index (χ2v) is 2.17. The monoisotopic (exact) mass is 99.1 g/mol. The van der Waals surface area contributed by atoms with Crippen LogP contribution >= 0.6 is 0 Å². The normalized spacial score (nSPS) is 14.3. The molecule has 0 spiro atoms. The molecular formula is C6H13N. The van der Waals surface area contributed by atoms with E-state index in [9.17, 15) is 0 Å². The number of rotatable bonds is 2. The van der Waals surface area contributed by atoms with Crippen molar-refractivity contribution in [1.29, 1.82) is 0 Å². The molecule has 0 saturated carbocycles. The van der Waals surface area contributed by atoms with E-state index in [4.69, 9.17) is 0 Å². The van der Waals surface area contributed by atoms with Gasteiger partial charge in [0.2, 0.25) is 0 Å². The number of nitrogens with zero attached hydrogens (tertiary/aromatic N) is 1. The van der Waals surface area contributed by atoms with Crippen LogP contribution in [0, 0.1) is 5.92 Å². The fourth-order valence-corrected chi connectivity index (χ4v) is 0.211. The summed E-state index contributed by atoms with van der Waals surface area (Å²) in [5.74, 6) is 0.637. The maximum Gasteiger partial charge on any atom is 0.0487 e. The third-order valence-electron chi connectivity index (χ3n) is 1.25. The Morgan fingerprint density at radius 2 is 1.71 bits per heavy atom. The van der Waals surface area contributed by atoms with Crippen LogP contribution in [0.2, 0.25) is 0 Å². The molecule has 7 heavy (non-hydrogen) atoms. The van der Waals surface area contributed by atoms with E-state index >= 15 is 0 Å². The van der Waals surface area contributed by atoms with E-state index in [1.165, 1.54) is 0 Å². The molecule has 0 aromatic heterocycles. The third kappa shape index (κ3) is 2.38. The quantitative estimate of drug-likeness (QED) is 0.467. The van der Waals surface area contributed by atoms with Crippen LogP contribution < -0.4 is 0 Å². The minimum absolute atomic E-state index is 0.417. The zero-order valence-corrected chi connectivity index (χ0v) is 5.31. The third-order valence-corrected chi connectivity index (χ3v) is 1.25. The molecule has 1 atom stereocenters. The Hall–Kier alpha value is -0.330. The Labute approximate surface area is 45.5 Å². The molecular weight excluding hydrogens is 86.1 g/mol. The molecule has 0 heterocycles. The van der Waals surface area contributed by atoms with Gasteiger partial charge in [-0.3, -0.25) is 4.99 Å². The van der Waals surface area contributed by atoms with E-state index in [-0.39, 0.29) is 0 Å². The highest BCUT2D eigenvalue weighted by atomic mass is 14.7. The molecule has 0 bridgehead atoms. The first kappa shape index (κ1) is 6.67. The molecule has 0 aromatic carbocycles. The Balaban J connectivity index is 3.33. The largest absolute Gasteiger partial charge is 0.298 e. The van der Waals surface area contributed by atoms with Crippen LogP contribution in [0.25, 0.3) is 0 Å². The van der Waals surface area contributed by atoms with E-state index in [0.29, 0.717) is 12.0 Å². The van der Waals surface area contributed by atoms with Crippen LogP contribution in [0.4, 0.5) is 0 Å². The van der Waals surface area contributed by atoms with E-state index in [2.05, 4.69) is 32.5 Å². The molecule has 0 unspecified atom stereocenters. The van der Waals surface area contributed by atoms with Gasteiger partial charge in [-0.25, -0.2) is 0 Å². The first-order chi connectivity index (χ1) is 3.18. The van der Waals surface area contributed by atoms with Gasteiger partial charge in [0.1, 0.15) is 0 Å². The lowest BCUT2D eigenvalue weighted by molar-refractivity contribution is 0.534. The summed E-state index contributed by atoms with van der Waals surface area (Å²) in [4.78, 5) is 3.84. The maximum absolute atomic E-state index is 3.84. The molecule has 0 aromatic rings. The lowest BCUT2D eigenvalue weighted by Gasteiger charge is -2.06. The van der Waals surface area contributed by atoms with E-state index in [0.717, 1.165) is 0 Å². The minimum Gasteiger partial charge on any atom is -0.298 e. The smallest absolute Gasteiger partial charge is 0.0487 e. The van der Waals surface area contributed by atoms with Crippen molar-refractivity contribution in [3.8, 4) is 0 Å². The van der Waals surface area contributed by atoms with Crippen molar-refractivity contribution in [3.05, 3.63) is 0 Å². The zero-order chi connectivity index (χ0) is 5.86. The van der Waals surface area contributed by atoms with Gasteiger partial charge in [-0.15, -0.1) is 0 Å². The van der Waals surface area contributed by atoms with Crippen molar-refractivity contribution in [3.63, 3.8) is 0 Å². The maximum atomic E-state index is 3.84. The Morgan fingerprint density at radius 3 is 1.71 bits per heavy atom. The lowest BCUT2D eigenvalue weighted by atomic mass is 10.1. The van der Waals surface area contributed by atoms with Crippen LogP contribution in [0.3, 0.4) is 0 Å². The molecule has 0 saturated heterocycles. The summed E-state index contributed by atoms with van der Waals surface area (Å²) in [6, 6.07) is 0.417. The minimum atomic E-state index is 0.417. The highest BCUT2D eigenvalue weighted by Crippen LogP contribution is 2.02. The SMILES string of the molecule is C=N[C@@H](C)C(C)C. The Kier molecular flexibility index (Phi) is 2.65. The summed E-state index contributed by atoms with van der Waals surface area (Å²) in [5.41, 5.74) is 0. The molecule has 0 rings (SSSR count). The number of hydrogen-bond donors (Lipinski definition) is 0. The molecule has 0 amide bonds. The van der Waals surface area contributed by atoms with Gasteiger partial charge in [-0.05, 0) is 19.6 Å². The molecule has 42 valence electrons. The summed E-state index contributed by atoms with van der Waals surface area (Å²) in [6.07, 6.45) is 0. The van der Waals surface area contributed by atoms with Gasteiger partial charge in [0, 0.05) is 6.04 Å². The van der Waals surface area contributed by atoms with Gasteiger partial charge in [0.25, 0.3) is 0 Å². The second-order valence-electron chi connectivity index (χ2n) is 2.17. The van der Waals surface area contributed by atoms with Crippen molar-refractivity contribution in [2.24, 2.45) is 10.9 Å². The predicted molar refractivity (Wildman–Crippen MR) is 33.8 cm³/mol. The van der Waals surface area contributed by atoms with Crippen molar-refractivity contribution in [2.45, 2.75) is 26.8 Å². The van der Waals surface area contributed by atoms with Crippen molar-refractivity contribution < 1.29 is 0 Å². The van der Waals surface area contributed by atoms with Crippen LogP contribution in [0.15, 0.2) is 4.99 Å². The highest BCUT2D eigenvalue weighted by Gasteiger charge is 1.99. The van der Waals surface area contributed by atoms with Crippen molar-refractivity contribution in [2.75, 3.05) is 0 Å². The second kappa shape index (κ2) is 2.78. The summed E-state index contributed by atoms with van der Waals surface area (Å²) in [7, 11) is 0. The standard InChI is InChI=1S/C6H13N/c1-5(2)6(3)7-4/h5-6H,4H2,1-3H3/t6-/m0/s1. The molecule has 0 N–H and O–H groups in total. The van der Waals surface area contributed by atoms with E-state index < -0.39 is 0 Å². The molecule has 0 aliphatic rings. The summed E-state index contributed by atoms with van der Waals surface area (Å²) >= 11 is 0. The van der Waals surface area contributed by atoms with Gasteiger partial charge >= 0.3 is 0 Å². The first-order valence-electron chi connectivity index (χ1n) is 2.64. The van der Waals surface area contributed by atoms with Crippen molar-refractivity contribution >= 4 is 6.72 Å². The average molecular weight is 99.2 g/mol. The summed E-state index contributed by atoms with van der Waals surface area (Å²) in [6.45, 7) is 9.78. The average Bonchev–Trinajstić information content (AvgIpc) is 1.65. The molecule has 1 nitrogen and oxygen atoms in total. The molecule has 0 fully saturated rings. The van der Waals surface area contributed by atoms with Crippen LogP contribution in [-0.2, 0) is 0 Å². The van der Waals surface area contributed by atoms with Crippen LogP contribution in [0.1, 0.15) is 20.8 Å². The molecule has 0 aliphatic heterocycles. The number of aliphatic imine (C=N–C) groups is 1. The van der Waals surface area contributed by atoms with Crippen molar-refractivity contribution in [1.82, 2.24) is 0 Å². The van der Waals surface area contributed by atoms with Gasteiger partial charge in [0.15, 0.2) is 0 Å². The van der Waals surface area contributed by atoms with Crippen LogP contribution in [-0.4, -0.2) is 12.8 Å².